The van der Waals surface area contributed by atoms with Gasteiger partial charge in [-0.1, -0.05) is 41.9 Å². The summed E-state index contributed by atoms with van der Waals surface area (Å²) in [6, 6.07) is 12.8. The molecule has 5 nitrogen and oxygen atoms in total. The second-order valence-corrected chi connectivity index (χ2v) is 8.38. The predicted octanol–water partition coefficient (Wildman–Crippen LogP) is 4.14. The van der Waals surface area contributed by atoms with Crippen LogP contribution in [0.3, 0.4) is 0 Å². The summed E-state index contributed by atoms with van der Waals surface area (Å²) in [6.45, 7) is -0.155. The van der Waals surface area contributed by atoms with Crippen LogP contribution in [0.5, 0.6) is 0 Å². The Morgan fingerprint density at radius 2 is 1.90 bits per heavy atom. The number of nitrogens with zero attached hydrogens (tertiary/aromatic N) is 1. The van der Waals surface area contributed by atoms with Gasteiger partial charge in [0.05, 0.1) is 12.2 Å². The molecule has 2 N–H and O–H groups in total. The molecule has 2 aromatic carbocycles. The molecular weight excluding hydrogens is 442 g/mol. The maximum Gasteiger partial charge on any atom is 0.259 e. The molecule has 2 unspecified atom stereocenters. The van der Waals surface area contributed by atoms with Gasteiger partial charge in [-0.15, -0.1) is 11.6 Å². The molecule has 31 heavy (non-hydrogen) atoms. The first-order chi connectivity index (χ1) is 14.8. The van der Waals surface area contributed by atoms with E-state index in [-0.39, 0.29) is 28.6 Å². The van der Waals surface area contributed by atoms with E-state index < -0.39 is 28.4 Å². The SMILES string of the molecule is O=C1C=C2C(=CC1Cl)NC(=O)C21C(c2ccccc2)=C(O)CN1c1cc(Cl)ccc1F. The third-order valence-corrected chi connectivity index (χ3v) is 6.33. The lowest BCUT2D eigenvalue weighted by molar-refractivity contribution is -0.121. The minimum absolute atomic E-state index is 0.0303. The highest BCUT2D eigenvalue weighted by Crippen LogP contribution is 2.53. The highest BCUT2D eigenvalue weighted by Gasteiger charge is 2.62. The Kier molecular flexibility index (Phi) is 4.46. The minimum Gasteiger partial charge on any atom is -0.510 e. The van der Waals surface area contributed by atoms with Crippen LogP contribution >= 0.6 is 23.2 Å². The van der Waals surface area contributed by atoms with Crippen LogP contribution in [-0.2, 0) is 9.59 Å². The number of amides is 1. The number of aliphatic hydroxyl groups excluding tert-OH is 1. The van der Waals surface area contributed by atoms with E-state index in [0.717, 1.165) is 0 Å². The Balaban J connectivity index is 1.83. The lowest BCUT2D eigenvalue weighted by atomic mass is 9.78. The van der Waals surface area contributed by atoms with Gasteiger partial charge in [-0.05, 0) is 35.9 Å². The molecule has 2 aliphatic heterocycles. The number of benzene rings is 2. The first-order valence-electron chi connectivity index (χ1n) is 9.48. The summed E-state index contributed by atoms with van der Waals surface area (Å²) >= 11 is 12.2. The predicted molar refractivity (Wildman–Crippen MR) is 116 cm³/mol. The standard InChI is InChI=1S/C23H15Cl2FN2O3/c24-13-6-7-16(26)18(8-13)28-11-20(30)21(12-4-2-1-3-5-12)23(28)14-9-19(29)15(25)10-17(14)27-22(23)31/h1-10,15,30H,11H2,(H,27,31). The Labute approximate surface area is 187 Å². The largest absolute Gasteiger partial charge is 0.510 e. The molecular formula is C23H15Cl2FN2O3. The van der Waals surface area contributed by atoms with Crippen LogP contribution in [0.1, 0.15) is 5.56 Å². The molecule has 2 heterocycles. The molecule has 8 heteroatoms. The summed E-state index contributed by atoms with van der Waals surface area (Å²) in [5, 5.41) is 13.1. The zero-order chi connectivity index (χ0) is 21.9. The van der Waals surface area contributed by atoms with Crippen molar-refractivity contribution in [2.75, 3.05) is 11.4 Å². The molecule has 0 aromatic heterocycles. The third kappa shape index (κ3) is 2.75. The van der Waals surface area contributed by atoms with E-state index in [1.807, 2.05) is 0 Å². The fourth-order valence-corrected chi connectivity index (χ4v) is 4.86. The quantitative estimate of drug-likeness (QED) is 0.666. The van der Waals surface area contributed by atoms with Crippen molar-refractivity contribution in [3.8, 4) is 0 Å². The number of alkyl halides is 1. The summed E-state index contributed by atoms with van der Waals surface area (Å²) in [7, 11) is 0. The smallest absolute Gasteiger partial charge is 0.259 e. The number of hydrogen-bond donors (Lipinski definition) is 2. The van der Waals surface area contributed by atoms with E-state index in [1.165, 1.54) is 35.3 Å². The second kappa shape index (κ2) is 6.97. The number of allylic oxidation sites excluding steroid dienone is 2. The Bertz CT molecular complexity index is 1240. The van der Waals surface area contributed by atoms with Crippen LogP contribution < -0.4 is 10.2 Å². The summed E-state index contributed by atoms with van der Waals surface area (Å²) < 4.78 is 15.0. The molecule has 3 aliphatic rings. The number of fused-ring (bicyclic) bond motifs is 2. The summed E-state index contributed by atoms with van der Waals surface area (Å²) in [5.41, 5.74) is -0.122. The molecule has 0 saturated carbocycles. The third-order valence-electron chi connectivity index (χ3n) is 5.75. The van der Waals surface area contributed by atoms with Gasteiger partial charge >= 0.3 is 0 Å². The Hall–Kier alpha value is -3.09. The van der Waals surface area contributed by atoms with Gasteiger partial charge in [0.2, 0.25) is 0 Å². The first kappa shape index (κ1) is 19.8. The van der Waals surface area contributed by atoms with Gasteiger partial charge in [0.1, 0.15) is 17.0 Å². The molecule has 1 aliphatic carbocycles. The number of carbonyl (C=O) groups is 2. The zero-order valence-corrected chi connectivity index (χ0v) is 17.4. The molecule has 5 rings (SSSR count). The summed E-state index contributed by atoms with van der Waals surface area (Å²) in [4.78, 5) is 27.5. The van der Waals surface area contributed by atoms with E-state index in [1.54, 1.807) is 30.3 Å². The molecule has 2 atom stereocenters. The fourth-order valence-electron chi connectivity index (χ4n) is 4.51. The van der Waals surface area contributed by atoms with Crippen molar-refractivity contribution in [3.63, 3.8) is 0 Å². The Morgan fingerprint density at radius 3 is 2.65 bits per heavy atom. The minimum atomic E-state index is -1.67. The number of ketones is 1. The molecule has 2 aromatic rings. The average Bonchev–Trinajstić information content (AvgIpc) is 3.20. The van der Waals surface area contributed by atoms with Gasteiger partial charge in [-0.3, -0.25) is 9.59 Å². The molecule has 0 bridgehead atoms. The number of anilines is 1. The average molecular weight is 457 g/mol. The van der Waals surface area contributed by atoms with Crippen molar-refractivity contribution in [1.82, 2.24) is 5.32 Å². The Morgan fingerprint density at radius 1 is 1.16 bits per heavy atom. The molecule has 1 saturated heterocycles. The van der Waals surface area contributed by atoms with Gasteiger partial charge in [-0.25, -0.2) is 4.39 Å². The van der Waals surface area contributed by atoms with Gasteiger partial charge < -0.3 is 15.3 Å². The molecule has 1 amide bonds. The fraction of sp³-hybridized carbons (Fsp3) is 0.130. The molecule has 1 fully saturated rings. The number of nitrogens with one attached hydrogen (secondary N) is 1. The monoisotopic (exact) mass is 456 g/mol. The summed E-state index contributed by atoms with van der Waals surface area (Å²) in [5.74, 6) is -1.65. The maximum atomic E-state index is 15.0. The number of halogens is 3. The number of carbonyl (C=O) groups excluding carboxylic acids is 2. The summed E-state index contributed by atoms with van der Waals surface area (Å²) in [6.07, 6.45) is 2.75. The highest BCUT2D eigenvalue weighted by atomic mass is 35.5. The number of hydrogen-bond acceptors (Lipinski definition) is 4. The van der Waals surface area contributed by atoms with Crippen LogP contribution in [0, 0.1) is 5.82 Å². The van der Waals surface area contributed by atoms with Gasteiger partial charge in [0, 0.05) is 21.9 Å². The van der Waals surface area contributed by atoms with Crippen molar-refractivity contribution in [3.05, 3.63) is 94.1 Å². The first-order valence-corrected chi connectivity index (χ1v) is 10.3. The van der Waals surface area contributed by atoms with Crippen molar-refractivity contribution < 1.29 is 19.1 Å². The number of rotatable bonds is 2. The zero-order valence-electron chi connectivity index (χ0n) is 15.9. The van der Waals surface area contributed by atoms with Crippen molar-refractivity contribution in [2.45, 2.75) is 10.9 Å². The van der Waals surface area contributed by atoms with Crippen LogP contribution in [0.4, 0.5) is 10.1 Å². The topological polar surface area (TPSA) is 69.6 Å². The maximum absolute atomic E-state index is 15.0. The lowest BCUT2D eigenvalue weighted by Crippen LogP contribution is -2.53. The van der Waals surface area contributed by atoms with Crippen molar-refractivity contribution in [1.29, 1.82) is 0 Å². The highest BCUT2D eigenvalue weighted by molar-refractivity contribution is 6.35. The molecule has 1 spiro atoms. The van der Waals surface area contributed by atoms with Gasteiger partial charge in [0.25, 0.3) is 5.91 Å². The van der Waals surface area contributed by atoms with E-state index in [0.29, 0.717) is 16.8 Å². The lowest BCUT2D eigenvalue weighted by Gasteiger charge is -2.38. The van der Waals surface area contributed by atoms with E-state index in [9.17, 15) is 19.1 Å². The van der Waals surface area contributed by atoms with Crippen LogP contribution in [-0.4, -0.2) is 34.3 Å². The second-order valence-electron chi connectivity index (χ2n) is 7.48. The molecule has 156 valence electrons. The van der Waals surface area contributed by atoms with E-state index >= 15 is 0 Å². The van der Waals surface area contributed by atoms with Gasteiger partial charge in [0.15, 0.2) is 11.3 Å². The van der Waals surface area contributed by atoms with E-state index in [2.05, 4.69) is 5.32 Å². The number of aliphatic hydroxyl groups is 1. The van der Waals surface area contributed by atoms with Crippen molar-refractivity contribution in [2.24, 2.45) is 0 Å². The van der Waals surface area contributed by atoms with Crippen molar-refractivity contribution >= 4 is 46.2 Å². The normalized spacial score (nSPS) is 25.0. The van der Waals surface area contributed by atoms with Crippen LogP contribution in [0.15, 0.2) is 77.7 Å². The molecule has 0 radical (unpaired) electrons. The van der Waals surface area contributed by atoms with Gasteiger partial charge in [-0.2, -0.15) is 0 Å². The van der Waals surface area contributed by atoms with Crippen LogP contribution in [0.2, 0.25) is 5.02 Å². The van der Waals surface area contributed by atoms with E-state index in [4.69, 9.17) is 23.2 Å². The van der Waals surface area contributed by atoms with Crippen LogP contribution in [0.25, 0.3) is 5.57 Å².